The number of ether oxygens (including phenoxy) is 1. The maximum Gasteiger partial charge on any atom is 0.327 e. The van der Waals surface area contributed by atoms with Crippen LogP contribution in [0.3, 0.4) is 0 Å². The molecule has 19 nitrogen and oxygen atoms in total. The van der Waals surface area contributed by atoms with Gasteiger partial charge in [-0.3, -0.25) is 38.4 Å². The number of aryl methyl sites for hydroxylation is 2. The molecule has 22 heteroatoms. The van der Waals surface area contributed by atoms with Gasteiger partial charge in [0.05, 0.1) is 40.3 Å². The fraction of sp³-hybridized carbons (Fsp3) is 0.291. The number of rotatable bonds is 19. The van der Waals surface area contributed by atoms with Crippen molar-refractivity contribution in [3.05, 3.63) is 175 Å². The topological polar surface area (TPSA) is 322 Å². The van der Waals surface area contributed by atoms with Crippen LogP contribution in [0, 0.1) is 10.5 Å². The van der Waals surface area contributed by atoms with Gasteiger partial charge in [-0.2, -0.15) is 5.10 Å². The number of carbonyl (C=O) groups excluding carboxylic acids is 2. The molecule has 1 aliphatic heterocycles. The quantitative estimate of drug-likeness (QED) is 0.0226. The van der Waals surface area contributed by atoms with Crippen molar-refractivity contribution in [1.82, 2.24) is 14.9 Å². The van der Waals surface area contributed by atoms with E-state index in [1.807, 2.05) is 61.5 Å². The number of aromatic amines is 1. The molecule has 410 valence electrons. The van der Waals surface area contributed by atoms with Gasteiger partial charge in [-0.15, -0.1) is 11.6 Å². The summed E-state index contributed by atoms with van der Waals surface area (Å²) in [5.41, 5.74) is 2.57. The Bertz CT molecular complexity index is 3080. The van der Waals surface area contributed by atoms with Gasteiger partial charge in [0.25, 0.3) is 5.56 Å². The lowest BCUT2D eigenvalue weighted by molar-refractivity contribution is -0.148. The number of aromatic nitrogens is 2. The van der Waals surface area contributed by atoms with E-state index in [1.54, 1.807) is 66.7 Å². The van der Waals surface area contributed by atoms with Crippen LogP contribution in [0.4, 0.5) is 0 Å². The molecule has 2 unspecified atom stereocenters. The molecule has 1 saturated heterocycles. The SMILES string of the molecule is CC(=O)CC(=O)CCCC(=O)O.Cc1ccc(S(=O)(=O)NC(CC(=O)O)c2ccccc2)cc1.O=C(O)C(Cl)c1n[nH]c(=O)c2ccccc12.O=C(O)C1(c2ccccc2)CCOCC1.O=C(O)CCc1ccc(I)cc1. The third-order valence-corrected chi connectivity index (χ3v) is 13.9. The number of halogens is 2. The molecule has 6 aromatic rings. The van der Waals surface area contributed by atoms with Crippen molar-refractivity contribution in [3.63, 3.8) is 0 Å². The van der Waals surface area contributed by atoms with E-state index >= 15 is 0 Å². The van der Waals surface area contributed by atoms with E-state index in [4.69, 9.17) is 36.8 Å². The first-order chi connectivity index (χ1) is 36.4. The number of fused-ring (bicyclic) bond motifs is 1. The highest BCUT2D eigenvalue weighted by molar-refractivity contribution is 14.1. The van der Waals surface area contributed by atoms with Crippen molar-refractivity contribution >= 4 is 96.4 Å². The summed E-state index contributed by atoms with van der Waals surface area (Å²) in [6.45, 7) is 4.26. The highest BCUT2D eigenvalue weighted by atomic mass is 127. The molecule has 2 atom stereocenters. The minimum atomic E-state index is -3.78. The molecule has 0 spiro atoms. The molecule has 1 aliphatic rings. The van der Waals surface area contributed by atoms with Crippen LogP contribution < -0.4 is 10.3 Å². The molecule has 0 radical (unpaired) electrons. The lowest BCUT2D eigenvalue weighted by Gasteiger charge is -2.33. The van der Waals surface area contributed by atoms with E-state index in [-0.39, 0.29) is 59.8 Å². The van der Waals surface area contributed by atoms with Gasteiger partial charge in [0, 0.05) is 41.4 Å². The predicted octanol–water partition coefficient (Wildman–Crippen LogP) is 8.69. The van der Waals surface area contributed by atoms with Crippen LogP contribution in [0.2, 0.25) is 0 Å². The first-order valence-electron chi connectivity index (χ1n) is 23.7. The number of carboxylic acid groups (broad SMARTS) is 5. The van der Waals surface area contributed by atoms with Crippen molar-refractivity contribution < 1.29 is 72.2 Å². The summed E-state index contributed by atoms with van der Waals surface area (Å²) in [5.74, 6) is -5.01. The number of carboxylic acids is 5. The summed E-state index contributed by atoms with van der Waals surface area (Å²) in [7, 11) is -3.78. The third kappa shape index (κ3) is 22.5. The van der Waals surface area contributed by atoms with Crippen LogP contribution in [-0.2, 0) is 60.2 Å². The second kappa shape index (κ2) is 32.4. The highest BCUT2D eigenvalue weighted by Crippen LogP contribution is 2.35. The maximum absolute atomic E-state index is 12.4. The normalized spacial score (nSPS) is 13.1. The molecule has 5 aromatic carbocycles. The number of aliphatic carboxylic acids is 5. The predicted molar refractivity (Wildman–Crippen MR) is 294 cm³/mol. The highest BCUT2D eigenvalue weighted by Gasteiger charge is 2.41. The molecule has 77 heavy (non-hydrogen) atoms. The molecule has 1 fully saturated rings. The largest absolute Gasteiger partial charge is 0.481 e. The van der Waals surface area contributed by atoms with Gasteiger partial charge in [-0.1, -0.05) is 109 Å². The Morgan fingerprint density at radius 1 is 0.727 bits per heavy atom. The summed E-state index contributed by atoms with van der Waals surface area (Å²) in [4.78, 5) is 86.2. The lowest BCUT2D eigenvalue weighted by atomic mass is 9.74. The van der Waals surface area contributed by atoms with E-state index in [0.29, 0.717) is 55.2 Å². The maximum atomic E-state index is 12.4. The van der Waals surface area contributed by atoms with Crippen LogP contribution in [0.5, 0.6) is 0 Å². The number of nitrogens with zero attached hydrogens (tertiary/aromatic N) is 1. The number of nitrogens with one attached hydrogen (secondary N) is 2. The first-order valence-corrected chi connectivity index (χ1v) is 26.7. The number of hydrogen-bond donors (Lipinski definition) is 7. The molecule has 0 amide bonds. The van der Waals surface area contributed by atoms with E-state index in [0.717, 1.165) is 16.7 Å². The average molecular weight is 1210 g/mol. The number of carbonyl (C=O) groups is 7. The molecule has 0 saturated carbocycles. The lowest BCUT2D eigenvalue weighted by Crippen LogP contribution is -2.41. The van der Waals surface area contributed by atoms with E-state index in [1.165, 1.54) is 22.6 Å². The number of H-pyrrole nitrogens is 1. The Labute approximate surface area is 462 Å². The summed E-state index contributed by atoms with van der Waals surface area (Å²) < 4.78 is 33.7. The molecule has 0 bridgehead atoms. The number of alkyl halides is 1. The summed E-state index contributed by atoms with van der Waals surface area (Å²) in [6.07, 6.45) is 2.05. The fourth-order valence-electron chi connectivity index (χ4n) is 7.31. The Morgan fingerprint density at radius 3 is 1.79 bits per heavy atom. The van der Waals surface area contributed by atoms with Crippen molar-refractivity contribution in [1.29, 1.82) is 0 Å². The molecule has 1 aromatic heterocycles. The first kappa shape index (κ1) is 64.1. The van der Waals surface area contributed by atoms with Crippen LogP contribution >= 0.6 is 34.2 Å². The zero-order valence-electron chi connectivity index (χ0n) is 42.0. The van der Waals surface area contributed by atoms with Gasteiger partial charge in [-0.05, 0) is 109 Å². The smallest absolute Gasteiger partial charge is 0.327 e. The van der Waals surface area contributed by atoms with Crippen LogP contribution in [0.25, 0.3) is 10.8 Å². The van der Waals surface area contributed by atoms with Gasteiger partial charge in [0.2, 0.25) is 10.0 Å². The van der Waals surface area contributed by atoms with Crippen molar-refractivity contribution in [2.75, 3.05) is 13.2 Å². The summed E-state index contributed by atoms with van der Waals surface area (Å²) >= 11 is 7.91. The van der Waals surface area contributed by atoms with Gasteiger partial charge >= 0.3 is 29.8 Å². The standard InChI is InChI=1S/C16H17NO4S.C12H14O3.C10H7ClN2O3.C9H9IO2.C8H12O4/c1-12-7-9-14(10-8-12)22(20,21)17-15(11-16(18)19)13-5-3-2-4-6-13;13-11(14)12(6-8-15-9-7-12)10-4-2-1-3-5-10;11-7(10(15)16)8-5-3-1-2-4-6(5)9(14)13-12-8;10-8-4-1-7(2-5-8)3-6-9(11)12;1-6(9)5-7(10)3-2-4-8(11)12/h2-10,15,17H,11H2,1H3,(H,18,19);1-5H,6-9H2,(H,13,14);1-4,7H,(H,13,14)(H,15,16);1-2,4-5H,3,6H2,(H,11,12);2-5H2,1H3,(H,11,12). The second-order valence-electron chi connectivity index (χ2n) is 17.2. The molecule has 0 aliphatic carbocycles. The van der Waals surface area contributed by atoms with Crippen LogP contribution in [0.15, 0.2) is 143 Å². The second-order valence-corrected chi connectivity index (χ2v) is 20.6. The molecular formula is C55H59ClIN3O16S. The molecular weight excluding hydrogens is 1150 g/mol. The number of ketones is 2. The van der Waals surface area contributed by atoms with E-state index in [2.05, 4.69) is 37.5 Å². The number of sulfonamides is 1. The van der Waals surface area contributed by atoms with Crippen molar-refractivity contribution in [3.8, 4) is 0 Å². The van der Waals surface area contributed by atoms with E-state index in [9.17, 15) is 51.9 Å². The number of benzene rings is 5. The Morgan fingerprint density at radius 2 is 1.27 bits per heavy atom. The zero-order chi connectivity index (χ0) is 57.1. The average Bonchev–Trinajstić information content (AvgIpc) is 3.39. The van der Waals surface area contributed by atoms with Gasteiger partial charge in [0.15, 0.2) is 5.38 Å². The number of Topliss-reactive ketones (excluding diaryl/α,β-unsaturated/α-hetero) is 2. The van der Waals surface area contributed by atoms with Crippen molar-refractivity contribution in [2.24, 2.45) is 0 Å². The monoisotopic (exact) mass is 1210 g/mol. The fourth-order valence-corrected chi connectivity index (χ4v) is 9.06. The third-order valence-electron chi connectivity index (χ3n) is 11.3. The Balaban J connectivity index is 0.000000258. The molecule has 2 heterocycles. The minimum Gasteiger partial charge on any atom is -0.481 e. The van der Waals surface area contributed by atoms with Gasteiger partial charge in [0.1, 0.15) is 11.6 Å². The minimum absolute atomic E-state index is 0.0103. The molecule has 7 N–H and O–H groups in total. The van der Waals surface area contributed by atoms with Gasteiger partial charge in [-0.25, -0.2) is 18.2 Å². The van der Waals surface area contributed by atoms with E-state index < -0.39 is 56.7 Å². The van der Waals surface area contributed by atoms with Crippen molar-refractivity contribution in [2.45, 2.75) is 93.4 Å². The van der Waals surface area contributed by atoms with Crippen LogP contribution in [-0.4, -0.2) is 98.8 Å². The molecule has 7 rings (SSSR count). The number of hydrogen-bond acceptors (Lipinski definition) is 12. The van der Waals surface area contributed by atoms with Gasteiger partial charge < -0.3 is 30.3 Å². The summed E-state index contributed by atoms with van der Waals surface area (Å²) in [6, 6.07) is 38.2. The zero-order valence-corrected chi connectivity index (χ0v) is 45.7. The Kier molecular flexibility index (Phi) is 27.0. The van der Waals surface area contributed by atoms with Crippen LogP contribution in [0.1, 0.15) is 97.7 Å². The Hall–Kier alpha value is -7.18. The summed E-state index contributed by atoms with van der Waals surface area (Å²) in [5, 5.41) is 49.3.